The van der Waals surface area contributed by atoms with Crippen LogP contribution in [0.25, 0.3) is 0 Å². The number of benzene rings is 2. The number of hydrogen-bond acceptors (Lipinski definition) is 3. The van der Waals surface area contributed by atoms with E-state index in [1.807, 2.05) is 12.1 Å². The van der Waals surface area contributed by atoms with Crippen LogP contribution in [-0.2, 0) is 23.0 Å². The number of halogens is 1. The second kappa shape index (κ2) is 8.14. The van der Waals surface area contributed by atoms with Crippen molar-refractivity contribution in [3.63, 3.8) is 0 Å². The van der Waals surface area contributed by atoms with Gasteiger partial charge in [0.25, 0.3) is 0 Å². The van der Waals surface area contributed by atoms with Gasteiger partial charge in [-0.3, -0.25) is 0 Å². The van der Waals surface area contributed by atoms with E-state index < -0.39 is 10.0 Å². The third-order valence-corrected chi connectivity index (χ3v) is 4.46. The molecule has 0 bridgehead atoms. The lowest BCUT2D eigenvalue weighted by Gasteiger charge is -2.08. The number of carbonyl (C=O) groups is 1. The van der Waals surface area contributed by atoms with Gasteiger partial charge in [0.05, 0.1) is 4.90 Å². The van der Waals surface area contributed by atoms with E-state index in [0.29, 0.717) is 24.5 Å². The largest absolute Gasteiger partial charge is 0.338 e. The molecule has 0 aromatic heterocycles. The van der Waals surface area contributed by atoms with Gasteiger partial charge < -0.3 is 10.6 Å². The van der Waals surface area contributed by atoms with Crippen LogP contribution < -0.4 is 15.8 Å². The molecule has 128 valence electrons. The molecule has 0 aliphatic rings. The molecule has 2 rings (SSSR count). The molecule has 2 aromatic carbocycles. The highest BCUT2D eigenvalue weighted by atomic mass is 35.5. The lowest BCUT2D eigenvalue weighted by Crippen LogP contribution is -2.36. The van der Waals surface area contributed by atoms with E-state index in [2.05, 4.69) is 10.6 Å². The highest BCUT2D eigenvalue weighted by molar-refractivity contribution is 7.89. The Labute approximate surface area is 146 Å². The minimum Gasteiger partial charge on any atom is -0.338 e. The number of rotatable bonds is 6. The highest BCUT2D eigenvalue weighted by Crippen LogP contribution is 2.10. The summed E-state index contributed by atoms with van der Waals surface area (Å²) in [7, 11) is -3.68. The van der Waals surface area contributed by atoms with Crippen molar-refractivity contribution >= 4 is 27.7 Å². The van der Waals surface area contributed by atoms with E-state index in [1.165, 1.54) is 12.1 Å². The van der Waals surface area contributed by atoms with E-state index >= 15 is 0 Å². The molecule has 0 spiro atoms. The van der Waals surface area contributed by atoms with Crippen LogP contribution in [0.15, 0.2) is 53.4 Å². The van der Waals surface area contributed by atoms with Crippen LogP contribution in [0.2, 0.25) is 5.02 Å². The van der Waals surface area contributed by atoms with Crippen molar-refractivity contribution in [1.29, 1.82) is 0 Å². The number of sulfonamides is 1. The van der Waals surface area contributed by atoms with Gasteiger partial charge in [0.1, 0.15) is 0 Å². The first kappa shape index (κ1) is 18.3. The topological polar surface area (TPSA) is 101 Å². The molecular weight excluding hydrogens is 350 g/mol. The fraction of sp³-hybridized carbons (Fsp3) is 0.188. The van der Waals surface area contributed by atoms with Crippen molar-refractivity contribution in [2.45, 2.75) is 17.9 Å². The van der Waals surface area contributed by atoms with Crippen LogP contribution in [0.1, 0.15) is 11.1 Å². The Balaban J connectivity index is 1.74. The fourth-order valence-electron chi connectivity index (χ4n) is 2.06. The molecule has 24 heavy (non-hydrogen) atoms. The van der Waals surface area contributed by atoms with Crippen LogP contribution in [0.3, 0.4) is 0 Å². The smallest absolute Gasteiger partial charge is 0.315 e. The zero-order valence-corrected chi connectivity index (χ0v) is 14.4. The van der Waals surface area contributed by atoms with E-state index in [1.54, 1.807) is 24.3 Å². The van der Waals surface area contributed by atoms with Crippen molar-refractivity contribution in [2.75, 3.05) is 6.54 Å². The molecular formula is C16H18ClN3O3S. The predicted octanol–water partition coefficient (Wildman–Crippen LogP) is 2.03. The molecule has 6 nitrogen and oxygen atoms in total. The number of amides is 2. The van der Waals surface area contributed by atoms with Crippen LogP contribution in [0.5, 0.6) is 0 Å². The van der Waals surface area contributed by atoms with Gasteiger partial charge in [-0.25, -0.2) is 18.4 Å². The van der Waals surface area contributed by atoms with Crippen LogP contribution in [0.4, 0.5) is 4.79 Å². The van der Waals surface area contributed by atoms with Crippen LogP contribution >= 0.6 is 11.6 Å². The Bertz CT molecular complexity index is 808. The van der Waals surface area contributed by atoms with Crippen molar-refractivity contribution in [3.05, 3.63) is 64.7 Å². The molecule has 0 fully saturated rings. The van der Waals surface area contributed by atoms with Gasteiger partial charge in [-0.1, -0.05) is 35.9 Å². The van der Waals surface area contributed by atoms with E-state index in [-0.39, 0.29) is 10.9 Å². The molecule has 0 radical (unpaired) electrons. The summed E-state index contributed by atoms with van der Waals surface area (Å²) in [5, 5.41) is 11.1. The summed E-state index contributed by atoms with van der Waals surface area (Å²) in [6, 6.07) is 13.2. The summed E-state index contributed by atoms with van der Waals surface area (Å²) in [5.74, 6) is 0. The van der Waals surface area contributed by atoms with E-state index in [9.17, 15) is 13.2 Å². The number of carbonyl (C=O) groups excluding carboxylic acids is 1. The third kappa shape index (κ3) is 5.84. The normalized spacial score (nSPS) is 11.1. The van der Waals surface area contributed by atoms with Crippen LogP contribution in [0, 0.1) is 0 Å². The van der Waals surface area contributed by atoms with Gasteiger partial charge in [-0.05, 0) is 41.8 Å². The minimum absolute atomic E-state index is 0.0680. The van der Waals surface area contributed by atoms with Crippen molar-refractivity contribution in [2.24, 2.45) is 5.14 Å². The monoisotopic (exact) mass is 367 g/mol. The van der Waals surface area contributed by atoms with Gasteiger partial charge in [0, 0.05) is 18.1 Å². The van der Waals surface area contributed by atoms with Gasteiger partial charge in [0.15, 0.2) is 0 Å². The van der Waals surface area contributed by atoms with Crippen molar-refractivity contribution < 1.29 is 13.2 Å². The minimum atomic E-state index is -3.68. The first-order chi connectivity index (χ1) is 11.3. The maximum Gasteiger partial charge on any atom is 0.315 e. The Hall–Kier alpha value is -2.09. The average molecular weight is 368 g/mol. The summed E-state index contributed by atoms with van der Waals surface area (Å²) in [6.45, 7) is 0.811. The Morgan fingerprint density at radius 2 is 1.75 bits per heavy atom. The number of urea groups is 1. The Morgan fingerprint density at radius 1 is 1.04 bits per heavy atom. The van der Waals surface area contributed by atoms with Gasteiger partial charge in [-0.15, -0.1) is 0 Å². The third-order valence-electron chi connectivity index (χ3n) is 3.29. The molecule has 0 atom stereocenters. The molecule has 8 heteroatoms. The quantitative estimate of drug-likeness (QED) is 0.728. The first-order valence-electron chi connectivity index (χ1n) is 7.22. The predicted molar refractivity (Wildman–Crippen MR) is 93.2 cm³/mol. The second-order valence-corrected chi connectivity index (χ2v) is 7.18. The van der Waals surface area contributed by atoms with Crippen molar-refractivity contribution in [3.8, 4) is 0 Å². The number of nitrogens with two attached hydrogens (primary N) is 1. The number of primary sulfonamides is 1. The van der Waals surface area contributed by atoms with Gasteiger partial charge in [0.2, 0.25) is 10.0 Å². The number of hydrogen-bond donors (Lipinski definition) is 3. The number of nitrogens with one attached hydrogen (secondary N) is 2. The molecule has 2 amide bonds. The molecule has 0 saturated carbocycles. The lowest BCUT2D eigenvalue weighted by atomic mass is 10.1. The SMILES string of the molecule is NS(=O)(=O)c1ccc(CCNC(=O)NCc2cccc(Cl)c2)cc1. The zero-order chi connectivity index (χ0) is 17.6. The van der Waals surface area contributed by atoms with Crippen LogP contribution in [-0.4, -0.2) is 21.0 Å². The highest BCUT2D eigenvalue weighted by Gasteiger charge is 2.07. The summed E-state index contributed by atoms with van der Waals surface area (Å²) < 4.78 is 22.3. The fourth-order valence-corrected chi connectivity index (χ4v) is 2.79. The zero-order valence-electron chi connectivity index (χ0n) is 12.8. The Morgan fingerprint density at radius 3 is 2.38 bits per heavy atom. The summed E-state index contributed by atoms with van der Waals surface area (Å²) >= 11 is 5.88. The lowest BCUT2D eigenvalue weighted by molar-refractivity contribution is 0.240. The molecule has 0 aliphatic heterocycles. The maximum atomic E-state index is 11.7. The molecule has 2 aromatic rings. The molecule has 0 heterocycles. The van der Waals surface area contributed by atoms with Gasteiger partial charge >= 0.3 is 6.03 Å². The summed E-state index contributed by atoms with van der Waals surface area (Å²) in [4.78, 5) is 11.8. The molecule has 4 N–H and O–H groups in total. The maximum absolute atomic E-state index is 11.7. The van der Waals surface area contributed by atoms with E-state index in [4.69, 9.17) is 16.7 Å². The summed E-state index contributed by atoms with van der Waals surface area (Å²) in [6.07, 6.45) is 0.579. The van der Waals surface area contributed by atoms with E-state index in [0.717, 1.165) is 11.1 Å². The summed E-state index contributed by atoms with van der Waals surface area (Å²) in [5.41, 5.74) is 1.81. The Kier molecular flexibility index (Phi) is 6.19. The first-order valence-corrected chi connectivity index (χ1v) is 9.15. The molecule has 0 unspecified atom stereocenters. The molecule has 0 aliphatic carbocycles. The molecule has 0 saturated heterocycles. The van der Waals surface area contributed by atoms with Crippen molar-refractivity contribution in [1.82, 2.24) is 10.6 Å². The second-order valence-electron chi connectivity index (χ2n) is 5.18. The van der Waals surface area contributed by atoms with Gasteiger partial charge in [-0.2, -0.15) is 0 Å². The standard InChI is InChI=1S/C16H18ClN3O3S/c17-14-3-1-2-13(10-14)11-20-16(21)19-9-8-12-4-6-15(7-5-12)24(18,22)23/h1-7,10H,8-9,11H2,(H2,18,22,23)(H2,19,20,21). The average Bonchev–Trinajstić information content (AvgIpc) is 2.53.